The van der Waals surface area contributed by atoms with Crippen LogP contribution in [0.15, 0.2) is 11.8 Å². The van der Waals surface area contributed by atoms with Crippen LogP contribution < -0.4 is 10.9 Å². The zero-order valence-electron chi connectivity index (χ0n) is 6.65. The first kappa shape index (κ1) is 7.57. The first-order chi connectivity index (χ1) is 4.83. The van der Waals surface area contributed by atoms with Crippen LogP contribution in [0.5, 0.6) is 0 Å². The molecule has 0 aliphatic carbocycles. The van der Waals surface area contributed by atoms with Crippen molar-refractivity contribution in [2.24, 2.45) is 0 Å². The lowest BCUT2D eigenvalue weighted by Gasteiger charge is -2.22. The summed E-state index contributed by atoms with van der Waals surface area (Å²) < 4.78 is 0. The number of likely N-dealkylation sites (N-methyl/N-ethyl adjacent to an activating group) is 1. The van der Waals surface area contributed by atoms with Crippen molar-refractivity contribution in [3.8, 4) is 0 Å². The maximum absolute atomic E-state index is 3.09. The van der Waals surface area contributed by atoms with Crippen LogP contribution in [0.2, 0.25) is 0 Å². The minimum Gasteiger partial charge on any atom is -0.326 e. The minimum absolute atomic E-state index is 1.06. The zero-order chi connectivity index (χ0) is 7.40. The second-order valence-electron chi connectivity index (χ2n) is 2.62. The molecule has 10 heavy (non-hydrogen) atoms. The lowest BCUT2D eigenvalue weighted by molar-refractivity contribution is 0.350. The van der Waals surface area contributed by atoms with Gasteiger partial charge in [0, 0.05) is 32.3 Å². The molecule has 0 fully saturated rings. The highest BCUT2D eigenvalue weighted by atomic mass is 15.3. The average molecular weight is 141 g/mol. The monoisotopic (exact) mass is 141 g/mol. The van der Waals surface area contributed by atoms with Crippen molar-refractivity contribution in [3.05, 3.63) is 11.8 Å². The third-order valence-electron chi connectivity index (χ3n) is 1.70. The predicted octanol–water partition coefficient (Wildman–Crippen LogP) is -0.0702. The highest BCUT2D eigenvalue weighted by molar-refractivity contribution is 5.03. The van der Waals surface area contributed by atoms with Crippen LogP contribution in [0.1, 0.15) is 6.42 Å². The summed E-state index contributed by atoms with van der Waals surface area (Å²) in [7, 11) is 4.02. The van der Waals surface area contributed by atoms with E-state index in [0.717, 1.165) is 19.5 Å². The summed E-state index contributed by atoms with van der Waals surface area (Å²) in [6.07, 6.45) is 3.33. The summed E-state index contributed by atoms with van der Waals surface area (Å²) in [5, 5.41) is 0. The summed E-state index contributed by atoms with van der Waals surface area (Å²) in [4.78, 5) is 2.29. The lowest BCUT2D eigenvalue weighted by Crippen LogP contribution is -2.33. The molecule has 1 aliphatic rings. The van der Waals surface area contributed by atoms with Gasteiger partial charge in [-0.3, -0.25) is 0 Å². The Labute approximate surface area is 62.1 Å². The van der Waals surface area contributed by atoms with Gasteiger partial charge in [0.15, 0.2) is 0 Å². The van der Waals surface area contributed by atoms with Gasteiger partial charge in [-0.15, -0.1) is 0 Å². The van der Waals surface area contributed by atoms with Crippen molar-refractivity contribution in [3.63, 3.8) is 0 Å². The molecule has 0 unspecified atom stereocenters. The molecule has 0 radical (unpaired) electrons. The highest BCUT2D eigenvalue weighted by Gasteiger charge is 2.05. The number of hydrogen-bond donors (Lipinski definition) is 2. The van der Waals surface area contributed by atoms with Crippen molar-refractivity contribution >= 4 is 0 Å². The largest absolute Gasteiger partial charge is 0.326 e. The van der Waals surface area contributed by atoms with Crippen LogP contribution in [0, 0.1) is 0 Å². The predicted molar refractivity (Wildman–Crippen MR) is 42.4 cm³/mol. The van der Waals surface area contributed by atoms with Gasteiger partial charge in [-0.05, 0) is 7.05 Å². The van der Waals surface area contributed by atoms with Gasteiger partial charge in [-0.1, -0.05) is 6.08 Å². The molecule has 0 aromatic rings. The molecule has 3 nitrogen and oxygen atoms in total. The molecule has 1 aliphatic heterocycles. The first-order valence-electron chi connectivity index (χ1n) is 3.63. The van der Waals surface area contributed by atoms with E-state index in [1.165, 1.54) is 5.70 Å². The van der Waals surface area contributed by atoms with Gasteiger partial charge in [-0.25, -0.2) is 5.43 Å². The summed E-state index contributed by atoms with van der Waals surface area (Å²) in [5.41, 5.74) is 7.31. The van der Waals surface area contributed by atoms with E-state index in [1.54, 1.807) is 0 Å². The van der Waals surface area contributed by atoms with E-state index in [4.69, 9.17) is 0 Å². The van der Waals surface area contributed by atoms with Gasteiger partial charge < -0.3 is 10.3 Å². The summed E-state index contributed by atoms with van der Waals surface area (Å²) in [6.45, 7) is 2.21. The molecule has 2 N–H and O–H groups in total. The molecule has 0 aromatic carbocycles. The molecule has 0 saturated heterocycles. The fraction of sp³-hybridized carbons (Fsp3) is 0.714. The SMILES string of the molecule is CNNC1=CCN(C)CC1. The Morgan fingerprint density at radius 1 is 1.60 bits per heavy atom. The van der Waals surface area contributed by atoms with Gasteiger partial charge in [0.05, 0.1) is 0 Å². The molecule has 0 bridgehead atoms. The van der Waals surface area contributed by atoms with E-state index in [2.05, 4.69) is 28.9 Å². The van der Waals surface area contributed by atoms with Crippen molar-refractivity contribution in [2.75, 3.05) is 27.2 Å². The third kappa shape index (κ3) is 2.01. The van der Waals surface area contributed by atoms with Crippen molar-refractivity contribution in [1.29, 1.82) is 0 Å². The molecule has 0 saturated carbocycles. The number of rotatable bonds is 2. The topological polar surface area (TPSA) is 27.3 Å². The number of hydrazine groups is 1. The van der Waals surface area contributed by atoms with Gasteiger partial charge in [0.25, 0.3) is 0 Å². The molecule has 1 heterocycles. The maximum atomic E-state index is 3.09. The van der Waals surface area contributed by atoms with Crippen LogP contribution in [0.25, 0.3) is 0 Å². The number of nitrogens with one attached hydrogen (secondary N) is 2. The highest BCUT2D eigenvalue weighted by Crippen LogP contribution is 2.03. The van der Waals surface area contributed by atoms with E-state index in [1.807, 2.05) is 7.05 Å². The molecule has 1 rings (SSSR count). The second-order valence-corrected chi connectivity index (χ2v) is 2.62. The van der Waals surface area contributed by atoms with Crippen LogP contribution in [-0.2, 0) is 0 Å². The van der Waals surface area contributed by atoms with E-state index < -0.39 is 0 Å². The fourth-order valence-corrected chi connectivity index (χ4v) is 1.04. The summed E-state index contributed by atoms with van der Waals surface area (Å²) in [6, 6.07) is 0. The van der Waals surface area contributed by atoms with Crippen molar-refractivity contribution in [1.82, 2.24) is 15.8 Å². The Balaban J connectivity index is 2.33. The van der Waals surface area contributed by atoms with Gasteiger partial charge in [-0.2, -0.15) is 0 Å². The molecular formula is C7H15N3. The van der Waals surface area contributed by atoms with E-state index in [9.17, 15) is 0 Å². The smallest absolute Gasteiger partial charge is 0.0247 e. The van der Waals surface area contributed by atoms with Crippen LogP contribution in [0.4, 0.5) is 0 Å². The van der Waals surface area contributed by atoms with Crippen molar-refractivity contribution in [2.45, 2.75) is 6.42 Å². The lowest BCUT2D eigenvalue weighted by atomic mass is 10.2. The molecule has 3 heteroatoms. The van der Waals surface area contributed by atoms with E-state index in [-0.39, 0.29) is 0 Å². The molecular weight excluding hydrogens is 126 g/mol. The Morgan fingerprint density at radius 3 is 2.90 bits per heavy atom. The second kappa shape index (κ2) is 3.58. The standard InChI is InChI=1S/C7H15N3/c1-8-9-7-3-5-10(2)6-4-7/h3,8-9H,4-6H2,1-2H3. The van der Waals surface area contributed by atoms with Gasteiger partial charge >= 0.3 is 0 Å². The number of nitrogens with zero attached hydrogens (tertiary/aromatic N) is 1. The van der Waals surface area contributed by atoms with Gasteiger partial charge in [0.1, 0.15) is 0 Å². The Kier molecular flexibility index (Phi) is 2.71. The van der Waals surface area contributed by atoms with Crippen LogP contribution in [0.3, 0.4) is 0 Å². The normalized spacial score (nSPS) is 20.4. The Hall–Kier alpha value is -0.540. The van der Waals surface area contributed by atoms with E-state index >= 15 is 0 Å². The third-order valence-corrected chi connectivity index (χ3v) is 1.70. The molecule has 0 spiro atoms. The Morgan fingerprint density at radius 2 is 2.40 bits per heavy atom. The fourth-order valence-electron chi connectivity index (χ4n) is 1.04. The van der Waals surface area contributed by atoms with Crippen LogP contribution >= 0.6 is 0 Å². The van der Waals surface area contributed by atoms with Crippen molar-refractivity contribution < 1.29 is 0 Å². The quantitative estimate of drug-likeness (QED) is 0.527. The minimum atomic E-state index is 1.06. The molecule has 0 aromatic heterocycles. The average Bonchev–Trinajstić information content (AvgIpc) is 1.95. The molecule has 58 valence electrons. The summed E-state index contributed by atoms with van der Waals surface area (Å²) in [5.74, 6) is 0. The summed E-state index contributed by atoms with van der Waals surface area (Å²) >= 11 is 0. The number of hydrogen-bond acceptors (Lipinski definition) is 3. The molecule has 0 amide bonds. The van der Waals surface area contributed by atoms with Gasteiger partial charge in [0.2, 0.25) is 0 Å². The zero-order valence-corrected chi connectivity index (χ0v) is 6.65. The van der Waals surface area contributed by atoms with E-state index in [0.29, 0.717) is 0 Å². The Bertz CT molecular complexity index is 131. The molecule has 0 atom stereocenters. The first-order valence-corrected chi connectivity index (χ1v) is 3.63. The maximum Gasteiger partial charge on any atom is 0.0247 e. The van der Waals surface area contributed by atoms with Crippen LogP contribution in [-0.4, -0.2) is 32.1 Å².